The fourth-order valence-electron chi connectivity index (χ4n) is 1.58. The monoisotopic (exact) mass is 219 g/mol. The molecule has 0 radical (unpaired) electrons. The van der Waals surface area contributed by atoms with Gasteiger partial charge < -0.3 is 5.32 Å². The molecule has 76 valence electrons. The molecule has 0 unspecified atom stereocenters. The number of hydrogen-bond acceptors (Lipinski definition) is 1. The maximum absolute atomic E-state index is 11.4. The third-order valence-electron chi connectivity index (χ3n) is 2.29. The molecule has 0 saturated heterocycles. The van der Waals surface area contributed by atoms with E-state index >= 15 is 0 Å². The van der Waals surface area contributed by atoms with Gasteiger partial charge in [-0.2, -0.15) is 0 Å². The first-order chi connectivity index (χ1) is 7.33. The minimum absolute atomic E-state index is 0.00834. The number of fused-ring (bicyclic) bond motifs is 1. The third kappa shape index (κ3) is 1.98. The summed E-state index contributed by atoms with van der Waals surface area (Å²) >= 11 is 5.54. The molecule has 0 spiro atoms. The van der Waals surface area contributed by atoms with Gasteiger partial charge in [-0.3, -0.25) is 4.79 Å². The SMILES string of the molecule is O=C1NCc2c(C#CCCCl)cccc21. The van der Waals surface area contributed by atoms with Crippen molar-refractivity contribution in [3.63, 3.8) is 0 Å². The Bertz CT molecular complexity index is 456. The Kier molecular flexibility index (Phi) is 2.94. The van der Waals surface area contributed by atoms with Gasteiger partial charge in [0.25, 0.3) is 5.91 Å². The summed E-state index contributed by atoms with van der Waals surface area (Å²) in [7, 11) is 0. The lowest BCUT2D eigenvalue weighted by Crippen LogP contribution is -2.12. The van der Waals surface area contributed by atoms with Crippen LogP contribution in [0.4, 0.5) is 0 Å². The third-order valence-corrected chi connectivity index (χ3v) is 2.48. The van der Waals surface area contributed by atoms with E-state index in [0.29, 0.717) is 18.8 Å². The summed E-state index contributed by atoms with van der Waals surface area (Å²) in [6.45, 7) is 0.583. The van der Waals surface area contributed by atoms with E-state index in [2.05, 4.69) is 17.2 Å². The Hall–Kier alpha value is -1.46. The van der Waals surface area contributed by atoms with E-state index in [-0.39, 0.29) is 5.91 Å². The van der Waals surface area contributed by atoms with E-state index in [1.807, 2.05) is 18.2 Å². The van der Waals surface area contributed by atoms with Crippen LogP contribution in [0.25, 0.3) is 0 Å². The fraction of sp³-hybridized carbons (Fsp3) is 0.250. The second kappa shape index (κ2) is 4.37. The molecule has 1 aromatic carbocycles. The minimum Gasteiger partial charge on any atom is -0.348 e. The molecule has 15 heavy (non-hydrogen) atoms. The molecule has 0 aliphatic carbocycles. The first kappa shape index (κ1) is 10.1. The molecule has 0 saturated carbocycles. The number of carbonyl (C=O) groups excluding carboxylic acids is 1. The zero-order valence-electron chi connectivity index (χ0n) is 8.14. The quantitative estimate of drug-likeness (QED) is 0.568. The molecule has 0 aromatic heterocycles. The highest BCUT2D eigenvalue weighted by Gasteiger charge is 2.20. The maximum Gasteiger partial charge on any atom is 0.251 e. The number of halogens is 1. The van der Waals surface area contributed by atoms with Crippen LogP contribution in [0.1, 0.15) is 27.9 Å². The number of alkyl halides is 1. The molecular weight excluding hydrogens is 210 g/mol. The summed E-state index contributed by atoms with van der Waals surface area (Å²) < 4.78 is 0. The molecule has 1 aliphatic rings. The van der Waals surface area contributed by atoms with Crippen molar-refractivity contribution in [2.75, 3.05) is 5.88 Å². The number of benzene rings is 1. The second-order valence-corrected chi connectivity index (χ2v) is 3.63. The average Bonchev–Trinajstić information content (AvgIpc) is 2.62. The van der Waals surface area contributed by atoms with E-state index in [0.717, 1.165) is 16.7 Å². The predicted molar refractivity (Wildman–Crippen MR) is 59.8 cm³/mol. The first-order valence-electron chi connectivity index (χ1n) is 4.78. The standard InChI is InChI=1S/C12H10ClNO/c13-7-2-1-4-9-5-3-6-10-11(9)8-14-12(10)15/h3,5-6H,2,7-8H2,(H,14,15). The van der Waals surface area contributed by atoms with Gasteiger partial charge in [0.15, 0.2) is 0 Å². The molecule has 3 heteroatoms. The van der Waals surface area contributed by atoms with Crippen LogP contribution in [0.15, 0.2) is 18.2 Å². The van der Waals surface area contributed by atoms with E-state index in [4.69, 9.17) is 11.6 Å². The Labute approximate surface area is 93.6 Å². The number of amides is 1. The molecular formula is C12H10ClNO. The van der Waals surface area contributed by atoms with Gasteiger partial charge in [-0.1, -0.05) is 17.9 Å². The van der Waals surface area contributed by atoms with Crippen molar-refractivity contribution in [1.29, 1.82) is 0 Å². The molecule has 0 fully saturated rings. The van der Waals surface area contributed by atoms with Crippen LogP contribution in [0.5, 0.6) is 0 Å². The largest absolute Gasteiger partial charge is 0.348 e. The van der Waals surface area contributed by atoms with Gasteiger partial charge in [0, 0.05) is 30.0 Å². The van der Waals surface area contributed by atoms with Gasteiger partial charge in [0.1, 0.15) is 0 Å². The van der Waals surface area contributed by atoms with Crippen LogP contribution < -0.4 is 5.32 Å². The number of rotatable bonds is 1. The lowest BCUT2D eigenvalue weighted by atomic mass is 10.0. The average molecular weight is 220 g/mol. The number of nitrogens with one attached hydrogen (secondary N) is 1. The smallest absolute Gasteiger partial charge is 0.251 e. The summed E-state index contributed by atoms with van der Waals surface area (Å²) in [4.78, 5) is 11.4. The molecule has 0 atom stereocenters. The van der Waals surface area contributed by atoms with E-state index in [1.54, 1.807) is 0 Å². The van der Waals surface area contributed by atoms with Crippen molar-refractivity contribution in [1.82, 2.24) is 5.32 Å². The van der Waals surface area contributed by atoms with Gasteiger partial charge in [-0.25, -0.2) is 0 Å². The summed E-state index contributed by atoms with van der Waals surface area (Å²) in [5, 5.41) is 2.78. The molecule has 1 aliphatic heterocycles. The van der Waals surface area contributed by atoms with Gasteiger partial charge in [-0.05, 0) is 17.7 Å². The Morgan fingerprint density at radius 1 is 1.47 bits per heavy atom. The van der Waals surface area contributed by atoms with Gasteiger partial charge in [-0.15, -0.1) is 11.6 Å². The van der Waals surface area contributed by atoms with Crippen molar-refractivity contribution < 1.29 is 4.79 Å². The summed E-state index contributed by atoms with van der Waals surface area (Å²) in [5.74, 6) is 6.55. The van der Waals surface area contributed by atoms with Crippen molar-refractivity contribution in [3.05, 3.63) is 34.9 Å². The van der Waals surface area contributed by atoms with Crippen molar-refractivity contribution >= 4 is 17.5 Å². The minimum atomic E-state index is -0.00834. The van der Waals surface area contributed by atoms with E-state index in [1.165, 1.54) is 0 Å². The van der Waals surface area contributed by atoms with Gasteiger partial charge in [0.2, 0.25) is 0 Å². The van der Waals surface area contributed by atoms with Crippen LogP contribution in [-0.4, -0.2) is 11.8 Å². The zero-order chi connectivity index (χ0) is 10.7. The Balaban J connectivity index is 2.35. The molecule has 2 nitrogen and oxygen atoms in total. The Morgan fingerprint density at radius 3 is 3.13 bits per heavy atom. The molecule has 1 N–H and O–H groups in total. The lowest BCUT2D eigenvalue weighted by Gasteiger charge is -1.98. The van der Waals surface area contributed by atoms with Gasteiger partial charge in [0.05, 0.1) is 0 Å². The van der Waals surface area contributed by atoms with E-state index < -0.39 is 0 Å². The predicted octanol–water partition coefficient (Wildman–Crippen LogP) is 1.91. The Morgan fingerprint density at radius 2 is 2.33 bits per heavy atom. The summed E-state index contributed by atoms with van der Waals surface area (Å²) in [6, 6.07) is 5.61. The fourth-order valence-corrected chi connectivity index (χ4v) is 1.67. The van der Waals surface area contributed by atoms with Crippen LogP contribution in [0.2, 0.25) is 0 Å². The van der Waals surface area contributed by atoms with Crippen LogP contribution in [0, 0.1) is 11.8 Å². The number of hydrogen-bond donors (Lipinski definition) is 1. The highest BCUT2D eigenvalue weighted by atomic mass is 35.5. The van der Waals surface area contributed by atoms with Crippen LogP contribution >= 0.6 is 11.6 Å². The molecule has 1 amide bonds. The van der Waals surface area contributed by atoms with Gasteiger partial charge >= 0.3 is 0 Å². The lowest BCUT2D eigenvalue weighted by molar-refractivity contribution is 0.0966. The molecule has 2 rings (SSSR count). The highest BCUT2D eigenvalue weighted by Crippen LogP contribution is 2.18. The second-order valence-electron chi connectivity index (χ2n) is 3.26. The van der Waals surface area contributed by atoms with Crippen molar-refractivity contribution in [2.45, 2.75) is 13.0 Å². The molecule has 1 aromatic rings. The highest BCUT2D eigenvalue weighted by molar-refractivity contribution is 6.18. The van der Waals surface area contributed by atoms with Crippen LogP contribution in [0.3, 0.4) is 0 Å². The van der Waals surface area contributed by atoms with Crippen molar-refractivity contribution in [2.24, 2.45) is 0 Å². The summed E-state index contributed by atoms with van der Waals surface area (Å²) in [6.07, 6.45) is 0.673. The van der Waals surface area contributed by atoms with E-state index in [9.17, 15) is 4.79 Å². The van der Waals surface area contributed by atoms with Crippen molar-refractivity contribution in [3.8, 4) is 11.8 Å². The zero-order valence-corrected chi connectivity index (χ0v) is 8.90. The summed E-state index contributed by atoms with van der Waals surface area (Å²) in [5.41, 5.74) is 2.67. The normalized spacial score (nSPS) is 12.7. The molecule has 0 bridgehead atoms. The first-order valence-corrected chi connectivity index (χ1v) is 5.31. The molecule has 1 heterocycles. The topological polar surface area (TPSA) is 29.1 Å². The van der Waals surface area contributed by atoms with Crippen LogP contribution in [-0.2, 0) is 6.54 Å². The maximum atomic E-state index is 11.4. The number of carbonyl (C=O) groups is 1.